The lowest BCUT2D eigenvalue weighted by Gasteiger charge is -2.26. The topological polar surface area (TPSA) is 103 Å². The molecule has 2 aromatic heterocycles. The van der Waals surface area contributed by atoms with Crippen molar-refractivity contribution in [1.29, 1.82) is 0 Å². The fraction of sp³-hybridized carbons (Fsp3) is 0.542. The van der Waals surface area contributed by atoms with Crippen LogP contribution in [0.15, 0.2) is 30.5 Å². The van der Waals surface area contributed by atoms with Gasteiger partial charge in [0.2, 0.25) is 11.9 Å². The van der Waals surface area contributed by atoms with Gasteiger partial charge in [-0.3, -0.25) is 4.57 Å². The number of hydrogen-bond donors (Lipinski definition) is 3. The van der Waals surface area contributed by atoms with E-state index < -0.39 is 0 Å². The highest BCUT2D eigenvalue weighted by Gasteiger charge is 2.25. The molecule has 0 radical (unpaired) electrons. The van der Waals surface area contributed by atoms with E-state index in [0.717, 1.165) is 61.4 Å². The number of imidazole rings is 1. The monoisotopic (exact) mass is 435 g/mol. The van der Waals surface area contributed by atoms with Gasteiger partial charge in [-0.15, -0.1) is 0 Å². The summed E-state index contributed by atoms with van der Waals surface area (Å²) in [6, 6.07) is 9.27. The van der Waals surface area contributed by atoms with Gasteiger partial charge < -0.3 is 21.1 Å². The van der Waals surface area contributed by atoms with Crippen LogP contribution in [0, 0.1) is 0 Å². The van der Waals surface area contributed by atoms with Crippen molar-refractivity contribution in [3.63, 3.8) is 0 Å². The lowest BCUT2D eigenvalue weighted by Crippen LogP contribution is -2.33. The van der Waals surface area contributed by atoms with Gasteiger partial charge in [-0.2, -0.15) is 4.98 Å². The number of nitrogens with zero attached hydrogens (tertiary/aromatic N) is 4. The number of hydrogen-bond acceptors (Lipinski definition) is 7. The molecule has 0 bridgehead atoms. The van der Waals surface area contributed by atoms with Crippen molar-refractivity contribution < 1.29 is 4.74 Å². The second kappa shape index (κ2) is 9.32. The normalized spacial score (nSPS) is 21.7. The van der Waals surface area contributed by atoms with E-state index in [0.29, 0.717) is 30.6 Å². The van der Waals surface area contributed by atoms with E-state index in [9.17, 15) is 0 Å². The minimum absolute atomic E-state index is 0.333. The van der Waals surface area contributed by atoms with Crippen molar-refractivity contribution in [2.75, 3.05) is 17.7 Å². The molecule has 0 aliphatic heterocycles. The molecule has 0 atom stereocenters. The van der Waals surface area contributed by atoms with E-state index in [1.54, 1.807) is 7.11 Å². The van der Waals surface area contributed by atoms with Gasteiger partial charge in [-0.1, -0.05) is 25.0 Å². The zero-order valence-corrected chi connectivity index (χ0v) is 18.8. The Hall–Kier alpha value is -2.87. The Kier molecular flexibility index (Phi) is 6.12. The second-order valence-corrected chi connectivity index (χ2v) is 9.10. The Morgan fingerprint density at radius 2 is 1.78 bits per heavy atom. The van der Waals surface area contributed by atoms with Crippen LogP contribution < -0.4 is 21.1 Å². The molecular weight excluding hydrogens is 402 g/mol. The van der Waals surface area contributed by atoms with Crippen molar-refractivity contribution in [2.45, 2.75) is 76.0 Å². The average Bonchev–Trinajstić information content (AvgIpc) is 3.47. The molecule has 0 amide bonds. The molecule has 2 saturated carbocycles. The summed E-state index contributed by atoms with van der Waals surface area (Å²) in [5.41, 5.74) is 8.99. The number of methoxy groups -OCH3 is 1. The number of ether oxygens (including phenoxy) is 1. The van der Waals surface area contributed by atoms with Gasteiger partial charge in [0, 0.05) is 24.7 Å². The van der Waals surface area contributed by atoms with Crippen LogP contribution in [0.3, 0.4) is 0 Å². The fourth-order valence-corrected chi connectivity index (χ4v) is 4.96. The summed E-state index contributed by atoms with van der Waals surface area (Å²) in [5.74, 6) is 2.43. The predicted octanol–water partition coefficient (Wildman–Crippen LogP) is 4.24. The molecule has 170 valence electrons. The number of rotatable bonds is 7. The quantitative estimate of drug-likeness (QED) is 0.510. The van der Waals surface area contributed by atoms with Crippen LogP contribution >= 0.6 is 0 Å². The lowest BCUT2D eigenvalue weighted by molar-refractivity contribution is 0.410. The molecule has 5 rings (SSSR count). The third-order valence-corrected chi connectivity index (χ3v) is 6.84. The first-order valence-electron chi connectivity index (χ1n) is 11.8. The predicted molar refractivity (Wildman–Crippen MR) is 127 cm³/mol. The maximum Gasteiger partial charge on any atom is 0.224 e. The molecule has 0 saturated heterocycles. The first-order chi connectivity index (χ1) is 15.7. The maximum atomic E-state index is 6.06. The van der Waals surface area contributed by atoms with E-state index in [-0.39, 0.29) is 0 Å². The number of fused-ring (bicyclic) bond motifs is 1. The number of benzene rings is 1. The van der Waals surface area contributed by atoms with Crippen molar-refractivity contribution in [3.8, 4) is 5.75 Å². The van der Waals surface area contributed by atoms with Gasteiger partial charge in [0.05, 0.1) is 13.3 Å². The highest BCUT2D eigenvalue weighted by molar-refractivity contribution is 5.75. The van der Waals surface area contributed by atoms with Gasteiger partial charge in [-0.25, -0.2) is 9.97 Å². The van der Waals surface area contributed by atoms with Gasteiger partial charge >= 0.3 is 0 Å². The van der Waals surface area contributed by atoms with Gasteiger partial charge in [0.1, 0.15) is 11.3 Å². The Morgan fingerprint density at radius 1 is 1.03 bits per heavy atom. The SMILES string of the molecule is COc1ccc(CNc2nc3cnc(NC4CCC(N)CC4)nc3n2C2CCCC2)cc1. The van der Waals surface area contributed by atoms with Crippen LogP contribution in [0.25, 0.3) is 11.2 Å². The van der Waals surface area contributed by atoms with Crippen LogP contribution in [-0.4, -0.2) is 38.7 Å². The molecule has 2 heterocycles. The smallest absolute Gasteiger partial charge is 0.224 e. The molecule has 0 unspecified atom stereocenters. The minimum atomic E-state index is 0.333. The Morgan fingerprint density at radius 3 is 2.50 bits per heavy atom. The van der Waals surface area contributed by atoms with Gasteiger partial charge in [-0.05, 0) is 56.2 Å². The second-order valence-electron chi connectivity index (χ2n) is 9.10. The summed E-state index contributed by atoms with van der Waals surface area (Å²) >= 11 is 0. The van der Waals surface area contributed by atoms with E-state index in [1.807, 2.05) is 18.3 Å². The Labute approximate surface area is 189 Å². The van der Waals surface area contributed by atoms with E-state index in [2.05, 4.69) is 32.3 Å². The molecule has 0 spiro atoms. The Balaban J connectivity index is 1.39. The largest absolute Gasteiger partial charge is 0.497 e. The highest BCUT2D eigenvalue weighted by atomic mass is 16.5. The molecular formula is C24H33N7O. The van der Waals surface area contributed by atoms with E-state index >= 15 is 0 Å². The summed E-state index contributed by atoms with van der Waals surface area (Å²) in [6.45, 7) is 0.695. The molecule has 3 aromatic rings. The molecule has 4 N–H and O–H groups in total. The van der Waals surface area contributed by atoms with Crippen LogP contribution in [0.2, 0.25) is 0 Å². The third kappa shape index (κ3) is 4.50. The average molecular weight is 436 g/mol. The molecule has 8 nitrogen and oxygen atoms in total. The maximum absolute atomic E-state index is 6.06. The van der Waals surface area contributed by atoms with Crippen LogP contribution in [0.5, 0.6) is 5.75 Å². The standard InChI is InChI=1S/C24H33N7O/c1-32-20-12-6-16(7-13-20)14-27-24-29-21-15-26-23(28-18-10-8-17(25)9-11-18)30-22(21)31(24)19-4-2-3-5-19/h6-7,12-13,15,17-19H,2-5,8-11,14,25H2,1H3,(H,27,29)(H,26,28,30). The first kappa shape index (κ1) is 21.0. The highest BCUT2D eigenvalue weighted by Crippen LogP contribution is 2.35. The summed E-state index contributed by atoms with van der Waals surface area (Å²) in [4.78, 5) is 14.4. The molecule has 2 fully saturated rings. The molecule has 8 heteroatoms. The molecule has 2 aliphatic rings. The van der Waals surface area contributed by atoms with Crippen LogP contribution in [0.4, 0.5) is 11.9 Å². The van der Waals surface area contributed by atoms with Gasteiger partial charge in [0.25, 0.3) is 0 Å². The molecule has 32 heavy (non-hydrogen) atoms. The van der Waals surface area contributed by atoms with Gasteiger partial charge in [0.15, 0.2) is 5.65 Å². The number of anilines is 2. The fourth-order valence-electron chi connectivity index (χ4n) is 4.96. The number of nitrogens with two attached hydrogens (primary N) is 1. The van der Waals surface area contributed by atoms with E-state index in [1.165, 1.54) is 18.4 Å². The zero-order chi connectivity index (χ0) is 21.9. The van der Waals surface area contributed by atoms with Crippen molar-refractivity contribution in [2.24, 2.45) is 5.73 Å². The van der Waals surface area contributed by atoms with E-state index in [4.69, 9.17) is 20.4 Å². The van der Waals surface area contributed by atoms with Crippen molar-refractivity contribution in [1.82, 2.24) is 19.5 Å². The van der Waals surface area contributed by atoms with Crippen molar-refractivity contribution >= 4 is 23.1 Å². The summed E-state index contributed by atoms with van der Waals surface area (Å²) in [7, 11) is 1.69. The third-order valence-electron chi connectivity index (χ3n) is 6.84. The lowest BCUT2D eigenvalue weighted by atomic mass is 9.92. The molecule has 1 aromatic carbocycles. The van der Waals surface area contributed by atoms with Crippen LogP contribution in [-0.2, 0) is 6.54 Å². The zero-order valence-electron chi connectivity index (χ0n) is 18.8. The summed E-state index contributed by atoms with van der Waals surface area (Å²) < 4.78 is 7.57. The van der Waals surface area contributed by atoms with Crippen molar-refractivity contribution in [3.05, 3.63) is 36.0 Å². The number of aromatic nitrogens is 4. The summed E-state index contributed by atoms with van der Waals surface area (Å²) in [6.07, 6.45) is 10.9. The molecule has 2 aliphatic carbocycles. The summed E-state index contributed by atoms with van der Waals surface area (Å²) in [5, 5.41) is 7.09. The number of nitrogens with one attached hydrogen (secondary N) is 2. The Bertz CT molecular complexity index is 1030. The minimum Gasteiger partial charge on any atom is -0.497 e. The first-order valence-corrected chi connectivity index (χ1v) is 11.8. The van der Waals surface area contributed by atoms with Crippen LogP contribution in [0.1, 0.15) is 63.0 Å².